The number of nitrogens with zero attached hydrogens (tertiary/aromatic N) is 1. The van der Waals surface area contributed by atoms with Gasteiger partial charge >= 0.3 is 0 Å². The van der Waals surface area contributed by atoms with Crippen molar-refractivity contribution in [2.24, 2.45) is 5.16 Å². The third-order valence-corrected chi connectivity index (χ3v) is 3.41. The Hall–Kier alpha value is -2.13. The van der Waals surface area contributed by atoms with Crippen LogP contribution in [0.15, 0.2) is 65.8 Å². The highest BCUT2D eigenvalue weighted by Gasteiger charge is 2.21. The van der Waals surface area contributed by atoms with Gasteiger partial charge in [0, 0.05) is 17.9 Å². The second-order valence-corrected chi connectivity index (χ2v) is 4.77. The van der Waals surface area contributed by atoms with Gasteiger partial charge in [0.05, 0.1) is 0 Å². The fraction of sp³-hybridized carbons (Fsp3) is 0.125. The number of oxime groups is 1. The van der Waals surface area contributed by atoms with Crippen molar-refractivity contribution in [1.29, 1.82) is 0 Å². The molecule has 0 aliphatic rings. The molecule has 2 rings (SSSR count). The van der Waals surface area contributed by atoms with Crippen LogP contribution >= 0.6 is 11.6 Å². The van der Waals surface area contributed by atoms with Gasteiger partial charge in [0.15, 0.2) is 11.0 Å². The highest BCUT2D eigenvalue weighted by molar-refractivity contribution is 6.66. The molecule has 0 heterocycles. The highest BCUT2D eigenvalue weighted by atomic mass is 35.5. The van der Waals surface area contributed by atoms with Gasteiger partial charge in [-0.25, -0.2) is 0 Å². The average molecular weight is 288 g/mol. The Balaban J connectivity index is 2.24. The molecule has 1 unspecified atom stereocenters. The van der Waals surface area contributed by atoms with Gasteiger partial charge in [0.1, 0.15) is 0 Å². The van der Waals surface area contributed by atoms with Gasteiger partial charge in [0.25, 0.3) is 0 Å². The van der Waals surface area contributed by atoms with E-state index in [-0.39, 0.29) is 17.4 Å². The summed E-state index contributed by atoms with van der Waals surface area (Å²) in [4.78, 5) is 12.3. The Morgan fingerprint density at radius 1 is 1.05 bits per heavy atom. The molecule has 0 saturated heterocycles. The summed E-state index contributed by atoms with van der Waals surface area (Å²) in [6, 6.07) is 18.3. The number of ketones is 1. The molecule has 0 fully saturated rings. The number of Topliss-reactive ketones (excluding diaryl/α,β-unsaturated/α-hetero) is 1. The Kier molecular flexibility index (Phi) is 4.91. The van der Waals surface area contributed by atoms with Crippen molar-refractivity contribution in [2.75, 3.05) is 0 Å². The molecule has 1 N–H and O–H groups in total. The van der Waals surface area contributed by atoms with E-state index in [1.807, 2.05) is 48.5 Å². The zero-order valence-electron chi connectivity index (χ0n) is 10.7. The van der Waals surface area contributed by atoms with Crippen molar-refractivity contribution in [3.63, 3.8) is 0 Å². The summed E-state index contributed by atoms with van der Waals surface area (Å²) in [6.45, 7) is 0. The predicted molar refractivity (Wildman–Crippen MR) is 79.6 cm³/mol. The van der Waals surface area contributed by atoms with Crippen LogP contribution in [0.1, 0.15) is 28.3 Å². The van der Waals surface area contributed by atoms with Gasteiger partial charge in [-0.15, -0.1) is 0 Å². The van der Waals surface area contributed by atoms with Gasteiger partial charge < -0.3 is 5.21 Å². The van der Waals surface area contributed by atoms with E-state index in [9.17, 15) is 4.79 Å². The number of halogens is 1. The Morgan fingerprint density at radius 2 is 1.60 bits per heavy atom. The largest absolute Gasteiger partial charge is 0.410 e. The molecule has 4 heteroatoms. The molecule has 0 bridgehead atoms. The van der Waals surface area contributed by atoms with E-state index in [1.165, 1.54) is 0 Å². The third-order valence-electron chi connectivity index (χ3n) is 3.07. The van der Waals surface area contributed by atoms with E-state index in [2.05, 4.69) is 5.16 Å². The molecule has 2 aromatic rings. The standard InChI is InChI=1S/C16H14ClNO2/c17-16(18-20)14(12-7-3-1-4-8-12)11-15(19)13-9-5-2-6-10-13/h1-10,14,20H,11H2/b18-16+. The molecule has 3 nitrogen and oxygen atoms in total. The molecular formula is C16H14ClNO2. The lowest BCUT2D eigenvalue weighted by Gasteiger charge is -2.14. The summed E-state index contributed by atoms with van der Waals surface area (Å²) >= 11 is 5.95. The number of hydrogen-bond donors (Lipinski definition) is 1. The van der Waals surface area contributed by atoms with Crippen molar-refractivity contribution < 1.29 is 10.0 Å². The lowest BCUT2D eigenvalue weighted by molar-refractivity contribution is 0.0980. The average Bonchev–Trinajstić information content (AvgIpc) is 2.53. The maximum absolute atomic E-state index is 12.3. The monoisotopic (exact) mass is 287 g/mol. The summed E-state index contributed by atoms with van der Waals surface area (Å²) in [5, 5.41) is 12.0. The van der Waals surface area contributed by atoms with Crippen LogP contribution in [0.3, 0.4) is 0 Å². The first-order valence-corrected chi connectivity index (χ1v) is 6.61. The Labute approximate surface area is 122 Å². The van der Waals surface area contributed by atoms with E-state index in [0.717, 1.165) is 5.56 Å². The second-order valence-electron chi connectivity index (χ2n) is 4.38. The molecule has 0 aromatic heterocycles. The Bertz CT molecular complexity index is 596. The molecule has 0 saturated carbocycles. The quantitative estimate of drug-likeness (QED) is 0.390. The number of hydrogen-bond acceptors (Lipinski definition) is 3. The van der Waals surface area contributed by atoms with E-state index in [4.69, 9.17) is 16.8 Å². The summed E-state index contributed by atoms with van der Waals surface area (Å²) in [6.07, 6.45) is 0.164. The smallest absolute Gasteiger partial charge is 0.163 e. The SMILES string of the molecule is O=C(CC(/C(Cl)=N\O)c1ccccc1)c1ccccc1. The minimum atomic E-state index is -0.435. The van der Waals surface area contributed by atoms with E-state index < -0.39 is 5.92 Å². The highest BCUT2D eigenvalue weighted by Crippen LogP contribution is 2.25. The van der Waals surface area contributed by atoms with Crippen LogP contribution in [0.25, 0.3) is 0 Å². The first kappa shape index (κ1) is 14.3. The predicted octanol–water partition coefficient (Wildman–Crippen LogP) is 4.07. The summed E-state index contributed by atoms with van der Waals surface area (Å²) < 4.78 is 0. The topological polar surface area (TPSA) is 49.7 Å². The van der Waals surface area contributed by atoms with Gasteiger partial charge in [-0.05, 0) is 5.56 Å². The normalized spacial score (nSPS) is 12.9. The Morgan fingerprint density at radius 3 is 2.15 bits per heavy atom. The van der Waals surface area contributed by atoms with Crippen LogP contribution in [0, 0.1) is 0 Å². The zero-order valence-corrected chi connectivity index (χ0v) is 11.5. The first-order chi connectivity index (χ1) is 9.72. The van der Waals surface area contributed by atoms with E-state index >= 15 is 0 Å². The van der Waals surface area contributed by atoms with Crippen molar-refractivity contribution in [3.05, 3.63) is 71.8 Å². The first-order valence-electron chi connectivity index (χ1n) is 6.23. The van der Waals surface area contributed by atoms with Crippen molar-refractivity contribution in [1.82, 2.24) is 0 Å². The van der Waals surface area contributed by atoms with Gasteiger partial charge in [-0.3, -0.25) is 4.79 Å². The minimum absolute atomic E-state index is 0.0143. The van der Waals surface area contributed by atoms with Crippen LogP contribution < -0.4 is 0 Å². The zero-order chi connectivity index (χ0) is 14.4. The molecule has 0 radical (unpaired) electrons. The van der Waals surface area contributed by atoms with Gasteiger partial charge in [-0.2, -0.15) is 0 Å². The number of benzene rings is 2. The fourth-order valence-corrected chi connectivity index (χ4v) is 2.23. The van der Waals surface area contributed by atoms with Gasteiger partial charge in [0.2, 0.25) is 0 Å². The molecule has 0 amide bonds. The summed E-state index contributed by atoms with van der Waals surface area (Å²) in [5.74, 6) is -0.475. The molecule has 0 aliphatic carbocycles. The maximum atomic E-state index is 12.3. The van der Waals surface area contributed by atoms with E-state index in [0.29, 0.717) is 5.56 Å². The molecular weight excluding hydrogens is 274 g/mol. The molecule has 20 heavy (non-hydrogen) atoms. The molecule has 1 atom stereocenters. The van der Waals surface area contributed by atoms with Crippen LogP contribution in [0.4, 0.5) is 0 Å². The van der Waals surface area contributed by atoms with Crippen molar-refractivity contribution in [3.8, 4) is 0 Å². The number of carbonyl (C=O) groups is 1. The van der Waals surface area contributed by atoms with Crippen LogP contribution in [-0.2, 0) is 0 Å². The van der Waals surface area contributed by atoms with Crippen LogP contribution in [0.5, 0.6) is 0 Å². The molecule has 0 aliphatic heterocycles. The lowest BCUT2D eigenvalue weighted by Crippen LogP contribution is -2.13. The molecule has 2 aromatic carbocycles. The third kappa shape index (κ3) is 3.45. The number of rotatable bonds is 5. The molecule has 102 valence electrons. The van der Waals surface area contributed by atoms with Crippen molar-refractivity contribution in [2.45, 2.75) is 12.3 Å². The number of carbonyl (C=O) groups excluding carboxylic acids is 1. The maximum Gasteiger partial charge on any atom is 0.163 e. The summed E-state index contributed by atoms with van der Waals surface area (Å²) in [7, 11) is 0. The fourth-order valence-electron chi connectivity index (χ4n) is 2.02. The van der Waals surface area contributed by atoms with Crippen LogP contribution in [0.2, 0.25) is 0 Å². The molecule has 0 spiro atoms. The minimum Gasteiger partial charge on any atom is -0.410 e. The second kappa shape index (κ2) is 6.87. The van der Waals surface area contributed by atoms with Crippen molar-refractivity contribution >= 4 is 22.6 Å². The van der Waals surface area contributed by atoms with Crippen LogP contribution in [-0.4, -0.2) is 16.2 Å². The summed E-state index contributed by atoms with van der Waals surface area (Å²) in [5.41, 5.74) is 1.47. The van der Waals surface area contributed by atoms with Gasteiger partial charge in [-0.1, -0.05) is 77.4 Å². The van der Waals surface area contributed by atoms with E-state index in [1.54, 1.807) is 12.1 Å². The lowest BCUT2D eigenvalue weighted by atomic mass is 9.92.